The van der Waals surface area contributed by atoms with Crippen LogP contribution in [-0.4, -0.2) is 23.4 Å². The van der Waals surface area contributed by atoms with Crippen molar-refractivity contribution in [3.05, 3.63) is 23.8 Å². The van der Waals surface area contributed by atoms with Crippen LogP contribution in [0.25, 0.3) is 0 Å². The van der Waals surface area contributed by atoms with E-state index in [9.17, 15) is 9.90 Å². The Kier molecular flexibility index (Phi) is 5.11. The summed E-state index contributed by atoms with van der Waals surface area (Å²) in [6.07, 6.45) is 0.163. The second-order valence-corrected chi connectivity index (χ2v) is 5.56. The van der Waals surface area contributed by atoms with Crippen molar-refractivity contribution < 1.29 is 19.4 Å². The number of rotatable bonds is 2. The molecule has 0 aromatic heterocycles. The molecule has 1 amide bonds. The molecule has 1 aliphatic rings. The van der Waals surface area contributed by atoms with Crippen molar-refractivity contribution in [2.75, 3.05) is 6.61 Å². The van der Waals surface area contributed by atoms with Gasteiger partial charge in [-0.25, -0.2) is 4.79 Å². The highest BCUT2D eigenvalue weighted by atomic mass is 35.5. The van der Waals surface area contributed by atoms with E-state index in [4.69, 9.17) is 9.47 Å². The number of phenols is 1. The highest BCUT2D eigenvalue weighted by molar-refractivity contribution is 5.85. The van der Waals surface area contributed by atoms with Crippen molar-refractivity contribution in [2.24, 2.45) is 0 Å². The largest absolute Gasteiger partial charge is 0.508 e. The lowest BCUT2D eigenvalue weighted by atomic mass is 10.0. The molecule has 20 heavy (non-hydrogen) atoms. The number of hydrogen-bond acceptors (Lipinski definition) is 4. The van der Waals surface area contributed by atoms with E-state index >= 15 is 0 Å². The Labute approximate surface area is 124 Å². The van der Waals surface area contributed by atoms with Gasteiger partial charge in [-0.2, -0.15) is 0 Å². The predicted molar refractivity (Wildman–Crippen MR) is 77.6 cm³/mol. The summed E-state index contributed by atoms with van der Waals surface area (Å²) in [4.78, 5) is 11.2. The number of alkyl carbamates (subject to hydrolysis) is 1. The molecule has 1 atom stereocenters. The summed E-state index contributed by atoms with van der Waals surface area (Å²) in [7, 11) is 0. The zero-order chi connectivity index (χ0) is 14.0. The van der Waals surface area contributed by atoms with E-state index in [1.165, 1.54) is 0 Å². The van der Waals surface area contributed by atoms with Crippen molar-refractivity contribution in [1.82, 2.24) is 5.32 Å². The van der Waals surface area contributed by atoms with Gasteiger partial charge in [0, 0.05) is 12.0 Å². The monoisotopic (exact) mass is 301 g/mol. The standard InChI is InChI=1S/C14H19NO4.ClH/c1-14(2,3)19-9-4-5-12(16)10(8-9)11-6-7-18-13(17)15-11;/h4-5,8,11,16H,6-7H2,1-3H3,(H,15,17);1H/t11-;/m1./s1. The Morgan fingerprint density at radius 1 is 1.40 bits per heavy atom. The number of ether oxygens (including phenoxy) is 2. The van der Waals surface area contributed by atoms with Crippen molar-refractivity contribution in [3.63, 3.8) is 0 Å². The maximum atomic E-state index is 11.2. The highest BCUT2D eigenvalue weighted by Crippen LogP contribution is 2.32. The van der Waals surface area contributed by atoms with Crippen LogP contribution in [0, 0.1) is 0 Å². The number of carbonyl (C=O) groups is 1. The van der Waals surface area contributed by atoms with Gasteiger partial charge in [-0.05, 0) is 39.0 Å². The fourth-order valence-corrected chi connectivity index (χ4v) is 1.99. The summed E-state index contributed by atoms with van der Waals surface area (Å²) in [6.45, 7) is 6.21. The maximum Gasteiger partial charge on any atom is 0.407 e. The predicted octanol–water partition coefficient (Wildman–Crippen LogP) is 3.16. The van der Waals surface area contributed by atoms with Gasteiger partial charge in [-0.1, -0.05) is 0 Å². The average molecular weight is 302 g/mol. The number of carbonyl (C=O) groups excluding carboxylic acids is 1. The molecule has 6 heteroatoms. The first-order valence-electron chi connectivity index (χ1n) is 6.30. The molecule has 0 radical (unpaired) electrons. The third-order valence-corrected chi connectivity index (χ3v) is 2.73. The fraction of sp³-hybridized carbons (Fsp3) is 0.500. The molecule has 112 valence electrons. The van der Waals surface area contributed by atoms with Gasteiger partial charge in [0.15, 0.2) is 0 Å². The Hall–Kier alpha value is -1.62. The SMILES string of the molecule is CC(C)(C)Oc1ccc(O)c([C@H]2CCOC(=O)N2)c1.Cl. The lowest BCUT2D eigenvalue weighted by Gasteiger charge is -2.26. The van der Waals surface area contributed by atoms with Crippen LogP contribution >= 0.6 is 12.4 Å². The molecule has 0 unspecified atom stereocenters. The Morgan fingerprint density at radius 2 is 2.10 bits per heavy atom. The molecule has 2 N–H and O–H groups in total. The van der Waals surface area contributed by atoms with Gasteiger partial charge in [-0.15, -0.1) is 12.4 Å². The number of nitrogens with one attached hydrogen (secondary N) is 1. The van der Waals surface area contributed by atoms with Crippen LogP contribution in [0.5, 0.6) is 11.5 Å². The third kappa shape index (κ3) is 4.20. The molecule has 5 nitrogen and oxygen atoms in total. The summed E-state index contributed by atoms with van der Waals surface area (Å²) in [6, 6.07) is 4.81. The molecular weight excluding hydrogens is 282 g/mol. The molecule has 1 heterocycles. The van der Waals surface area contributed by atoms with E-state index in [1.54, 1.807) is 18.2 Å². The second-order valence-electron chi connectivity index (χ2n) is 5.56. The van der Waals surface area contributed by atoms with Gasteiger partial charge in [0.05, 0.1) is 12.6 Å². The number of phenolic OH excluding ortho intramolecular Hbond substituents is 1. The summed E-state index contributed by atoms with van der Waals surface area (Å²) in [5.41, 5.74) is 0.339. The Bertz CT molecular complexity index is 485. The number of cyclic esters (lactones) is 1. The summed E-state index contributed by atoms with van der Waals surface area (Å²) < 4.78 is 10.6. The van der Waals surface area contributed by atoms with Gasteiger partial charge in [0.1, 0.15) is 17.1 Å². The molecule has 1 aromatic rings. The molecule has 0 bridgehead atoms. The molecule has 0 saturated carbocycles. The lowest BCUT2D eigenvalue weighted by Crippen LogP contribution is -2.35. The lowest BCUT2D eigenvalue weighted by molar-refractivity contribution is 0.114. The second kappa shape index (κ2) is 6.22. The van der Waals surface area contributed by atoms with Crippen molar-refractivity contribution >= 4 is 18.5 Å². The third-order valence-electron chi connectivity index (χ3n) is 2.73. The van der Waals surface area contributed by atoms with Crippen molar-refractivity contribution in [2.45, 2.75) is 38.8 Å². The summed E-state index contributed by atoms with van der Waals surface area (Å²) in [5, 5.41) is 12.6. The average Bonchev–Trinajstić information content (AvgIpc) is 2.30. The van der Waals surface area contributed by atoms with Crippen molar-refractivity contribution in [3.8, 4) is 11.5 Å². The van der Waals surface area contributed by atoms with E-state index < -0.39 is 6.09 Å². The van der Waals surface area contributed by atoms with Crippen LogP contribution in [0.3, 0.4) is 0 Å². The van der Waals surface area contributed by atoms with Crippen molar-refractivity contribution in [1.29, 1.82) is 0 Å². The first-order valence-corrected chi connectivity index (χ1v) is 6.30. The number of amides is 1. The molecule has 0 aliphatic carbocycles. The number of hydrogen-bond donors (Lipinski definition) is 2. The van der Waals surface area contributed by atoms with E-state index in [1.807, 2.05) is 20.8 Å². The van der Waals surface area contributed by atoms with Crippen LogP contribution in [0.2, 0.25) is 0 Å². The zero-order valence-corrected chi connectivity index (χ0v) is 12.6. The zero-order valence-electron chi connectivity index (χ0n) is 11.8. The van der Waals surface area contributed by atoms with E-state index in [-0.39, 0.29) is 29.8 Å². The van der Waals surface area contributed by atoms with E-state index in [0.29, 0.717) is 24.3 Å². The first kappa shape index (κ1) is 16.4. The van der Waals surface area contributed by atoms with Crippen LogP contribution in [0.1, 0.15) is 38.8 Å². The quantitative estimate of drug-likeness (QED) is 0.880. The topological polar surface area (TPSA) is 67.8 Å². The normalized spacial score (nSPS) is 18.6. The molecular formula is C14H20ClNO4. The minimum absolute atomic E-state index is 0. The van der Waals surface area contributed by atoms with Gasteiger partial charge >= 0.3 is 6.09 Å². The number of benzene rings is 1. The smallest absolute Gasteiger partial charge is 0.407 e. The fourth-order valence-electron chi connectivity index (χ4n) is 1.99. The van der Waals surface area contributed by atoms with Crippen LogP contribution < -0.4 is 10.1 Å². The van der Waals surface area contributed by atoms with Gasteiger partial charge in [-0.3, -0.25) is 0 Å². The number of halogens is 1. The Morgan fingerprint density at radius 3 is 2.70 bits per heavy atom. The molecule has 0 spiro atoms. The van der Waals surface area contributed by atoms with E-state index in [0.717, 1.165) is 0 Å². The Balaban J connectivity index is 0.00000200. The van der Waals surface area contributed by atoms with E-state index in [2.05, 4.69) is 5.32 Å². The van der Waals surface area contributed by atoms with Crippen LogP contribution in [0.4, 0.5) is 4.79 Å². The van der Waals surface area contributed by atoms with Gasteiger partial charge < -0.3 is 19.9 Å². The highest BCUT2D eigenvalue weighted by Gasteiger charge is 2.24. The first-order chi connectivity index (χ1) is 8.85. The van der Waals surface area contributed by atoms with Crippen LogP contribution in [0.15, 0.2) is 18.2 Å². The minimum Gasteiger partial charge on any atom is -0.508 e. The minimum atomic E-state index is -0.460. The molecule has 1 aliphatic heterocycles. The molecule has 1 fully saturated rings. The molecule has 2 rings (SSSR count). The summed E-state index contributed by atoms with van der Waals surface area (Å²) in [5.74, 6) is 0.814. The van der Waals surface area contributed by atoms with Gasteiger partial charge in [0.2, 0.25) is 0 Å². The summed E-state index contributed by atoms with van der Waals surface area (Å²) >= 11 is 0. The maximum absolute atomic E-state index is 11.2. The molecule has 1 saturated heterocycles. The molecule has 1 aromatic carbocycles. The van der Waals surface area contributed by atoms with Gasteiger partial charge in [0.25, 0.3) is 0 Å². The van der Waals surface area contributed by atoms with Crippen LogP contribution in [-0.2, 0) is 4.74 Å². The number of aromatic hydroxyl groups is 1.